The van der Waals surface area contributed by atoms with Crippen LogP contribution < -0.4 is 9.88 Å². The molecule has 1 fully saturated rings. The lowest BCUT2D eigenvalue weighted by atomic mass is 9.81. The topological polar surface area (TPSA) is 72.3 Å². The minimum atomic E-state index is -0.782. The van der Waals surface area contributed by atoms with E-state index in [2.05, 4.69) is 5.32 Å². The number of hydrogen-bond donors (Lipinski definition) is 1. The number of carbonyl (C=O) groups excluding carboxylic acids is 2. The Morgan fingerprint density at radius 1 is 1.08 bits per heavy atom. The van der Waals surface area contributed by atoms with Crippen LogP contribution in [0.25, 0.3) is 5.41 Å². The van der Waals surface area contributed by atoms with Crippen molar-refractivity contribution in [3.63, 3.8) is 0 Å². The number of piperidine rings is 1. The van der Waals surface area contributed by atoms with Crippen molar-refractivity contribution < 1.29 is 14.2 Å². The third kappa shape index (κ3) is 2.85. The molecule has 0 radical (unpaired) electrons. The summed E-state index contributed by atoms with van der Waals surface area (Å²) in [4.78, 5) is 24.6. The van der Waals surface area contributed by atoms with Gasteiger partial charge in [0.05, 0.1) is 21.5 Å². The highest BCUT2D eigenvalue weighted by molar-refractivity contribution is 6.42. The predicted molar refractivity (Wildman–Crippen MR) is 89.9 cm³/mol. The van der Waals surface area contributed by atoms with Gasteiger partial charge in [0.25, 0.3) is 11.8 Å². The van der Waals surface area contributed by atoms with Gasteiger partial charge in [0.2, 0.25) is 6.04 Å². The van der Waals surface area contributed by atoms with Gasteiger partial charge in [-0.3, -0.25) is 20.8 Å². The summed E-state index contributed by atoms with van der Waals surface area (Å²) in [5.74, 6) is -0.000703. The Morgan fingerprint density at radius 3 is 2.42 bits per heavy atom. The summed E-state index contributed by atoms with van der Waals surface area (Å²) in [6, 6.07) is 9.38. The molecule has 1 aliphatic heterocycles. The Balaban J connectivity index is 2.20. The van der Waals surface area contributed by atoms with Crippen LogP contribution in [-0.4, -0.2) is 17.7 Å². The molecule has 2 unspecified atom stereocenters. The largest absolute Gasteiger partial charge is 0.763 e. The summed E-state index contributed by atoms with van der Waals surface area (Å²) in [6.45, 7) is 0. The Labute approximate surface area is 148 Å². The predicted octanol–water partition coefficient (Wildman–Crippen LogP) is 2.43. The number of benzene rings is 1. The maximum atomic E-state index is 12.5. The fraction of sp³-hybridized carbons (Fsp3) is 0.118. The average molecular weight is 360 g/mol. The molecular weight excluding hydrogens is 349 g/mol. The average Bonchev–Trinajstić information content (AvgIpc) is 2.57. The number of halogens is 2. The lowest BCUT2D eigenvalue weighted by Crippen LogP contribution is -2.57. The van der Waals surface area contributed by atoms with Crippen LogP contribution in [0.1, 0.15) is 17.5 Å². The molecule has 1 aromatic heterocycles. The van der Waals surface area contributed by atoms with Crippen molar-refractivity contribution in [2.24, 2.45) is 0 Å². The molecule has 0 saturated carbocycles. The number of aromatic nitrogens is 1. The van der Waals surface area contributed by atoms with E-state index in [1.807, 2.05) is 11.9 Å². The van der Waals surface area contributed by atoms with Gasteiger partial charge < -0.3 is 5.41 Å². The second-order valence-electron chi connectivity index (χ2n) is 5.26. The molecule has 24 heavy (non-hydrogen) atoms. The van der Waals surface area contributed by atoms with Gasteiger partial charge in [-0.05, 0) is 17.7 Å². The molecule has 2 amide bonds. The van der Waals surface area contributed by atoms with Gasteiger partial charge in [-0.1, -0.05) is 35.3 Å². The van der Waals surface area contributed by atoms with Crippen LogP contribution in [0.2, 0.25) is 10.0 Å². The molecule has 0 spiro atoms. The zero-order valence-corrected chi connectivity index (χ0v) is 13.8. The van der Waals surface area contributed by atoms with E-state index in [1.165, 1.54) is 0 Å². The molecule has 1 aromatic carbocycles. The summed E-state index contributed by atoms with van der Waals surface area (Å²) in [5, 5.41) is 12.3. The molecule has 120 valence electrons. The Kier molecular flexibility index (Phi) is 4.49. The maximum Gasteiger partial charge on any atom is 0.296 e. The summed E-state index contributed by atoms with van der Waals surface area (Å²) in [7, 11) is 0. The van der Waals surface area contributed by atoms with Crippen LogP contribution in [0.15, 0.2) is 54.4 Å². The number of nitrogens with zero attached hydrogens (tertiary/aromatic N) is 2. The molecule has 0 aliphatic carbocycles. The van der Waals surface area contributed by atoms with E-state index in [9.17, 15) is 15.0 Å². The Hall–Kier alpha value is -2.46. The highest BCUT2D eigenvalue weighted by Gasteiger charge is 2.46. The molecule has 1 aliphatic rings. The maximum absolute atomic E-state index is 12.5. The quantitative estimate of drug-likeness (QED) is 0.387. The van der Waals surface area contributed by atoms with Crippen molar-refractivity contribution in [2.45, 2.75) is 12.0 Å². The van der Waals surface area contributed by atoms with Gasteiger partial charge >= 0.3 is 0 Å². The van der Waals surface area contributed by atoms with Crippen molar-refractivity contribution in [3.05, 3.63) is 75.4 Å². The molecule has 2 aromatic rings. The number of pyridine rings is 1. The van der Waals surface area contributed by atoms with Crippen molar-refractivity contribution in [2.75, 3.05) is 0 Å². The molecular formula is C17H11Cl2N3O2. The van der Waals surface area contributed by atoms with Crippen LogP contribution in [0.4, 0.5) is 0 Å². The second-order valence-corrected chi connectivity index (χ2v) is 6.08. The standard InChI is InChI=1S/C17H11Cl2N3O2/c18-12-5-4-10(8-13(12)19)14-11(9-20)16(23)21-17(24)15(14)22-6-2-1-3-7-22/h1-8,14-15H,(H,21,23,24). The first-order valence-electron chi connectivity index (χ1n) is 7.06. The minimum Gasteiger partial charge on any atom is -0.763 e. The van der Waals surface area contributed by atoms with Crippen molar-refractivity contribution in [1.29, 1.82) is 0 Å². The highest BCUT2D eigenvalue weighted by Crippen LogP contribution is 2.37. The van der Waals surface area contributed by atoms with Gasteiger partial charge in [0, 0.05) is 12.1 Å². The smallest absolute Gasteiger partial charge is 0.296 e. The zero-order valence-electron chi connectivity index (χ0n) is 12.2. The van der Waals surface area contributed by atoms with E-state index in [1.54, 1.807) is 47.3 Å². The minimum absolute atomic E-state index is 0.0469. The van der Waals surface area contributed by atoms with Crippen LogP contribution in [0, 0.1) is 0 Å². The van der Waals surface area contributed by atoms with Gasteiger partial charge in [-0.15, -0.1) is 0 Å². The summed E-state index contributed by atoms with van der Waals surface area (Å²) in [6.07, 6.45) is 3.42. The molecule has 1 N–H and O–H groups in total. The van der Waals surface area contributed by atoms with Crippen molar-refractivity contribution in [3.8, 4) is 0 Å². The van der Waals surface area contributed by atoms with Crippen LogP contribution in [0.5, 0.6) is 0 Å². The SMILES string of the molecule is [N-]=C=C1C(=O)NC(=O)C([n+]2ccccc2)C1c1ccc(Cl)c(Cl)c1. The lowest BCUT2D eigenvalue weighted by Gasteiger charge is -2.28. The number of hydrogen-bond acceptors (Lipinski definition) is 2. The van der Waals surface area contributed by atoms with Crippen molar-refractivity contribution >= 4 is 40.9 Å². The van der Waals surface area contributed by atoms with E-state index in [0.29, 0.717) is 15.6 Å². The fourth-order valence-electron chi connectivity index (χ4n) is 2.78. The molecule has 2 atom stereocenters. The molecule has 5 nitrogen and oxygen atoms in total. The van der Waals surface area contributed by atoms with Crippen molar-refractivity contribution in [1.82, 2.24) is 5.32 Å². The fourth-order valence-corrected chi connectivity index (χ4v) is 3.09. The number of imide groups is 1. The molecule has 1 saturated heterocycles. The summed E-state index contributed by atoms with van der Waals surface area (Å²) >= 11 is 12.0. The third-order valence-electron chi connectivity index (χ3n) is 3.86. The number of rotatable bonds is 2. The van der Waals surface area contributed by atoms with Crippen LogP contribution in [0.3, 0.4) is 0 Å². The van der Waals surface area contributed by atoms with E-state index in [4.69, 9.17) is 23.2 Å². The highest BCUT2D eigenvalue weighted by atomic mass is 35.5. The first-order valence-corrected chi connectivity index (χ1v) is 7.81. The van der Waals surface area contributed by atoms with Gasteiger partial charge in [0.15, 0.2) is 12.4 Å². The number of carbonyl (C=O) groups is 2. The molecule has 7 heteroatoms. The van der Waals surface area contributed by atoms with Gasteiger partial charge in [0.1, 0.15) is 0 Å². The molecule has 3 rings (SSSR count). The summed E-state index contributed by atoms with van der Waals surface area (Å²) < 4.78 is 1.66. The van der Waals surface area contributed by atoms with E-state index >= 15 is 0 Å². The Morgan fingerprint density at radius 2 is 1.79 bits per heavy atom. The van der Waals surface area contributed by atoms with Gasteiger partial charge in [-0.2, -0.15) is 4.57 Å². The normalized spacial score (nSPS) is 20.5. The lowest BCUT2D eigenvalue weighted by molar-refractivity contribution is -0.711. The van der Waals surface area contributed by atoms with Gasteiger partial charge in [-0.25, -0.2) is 0 Å². The summed E-state index contributed by atoms with van der Waals surface area (Å²) in [5.41, 5.74) is 0.528. The second kappa shape index (κ2) is 6.57. The first-order chi connectivity index (χ1) is 11.5. The van der Waals surface area contributed by atoms with Crippen LogP contribution >= 0.6 is 23.2 Å². The molecule has 2 heterocycles. The first kappa shape index (κ1) is 16.4. The number of amides is 2. The Bertz CT molecular complexity index is 877. The zero-order chi connectivity index (χ0) is 17.3. The van der Waals surface area contributed by atoms with E-state index in [0.717, 1.165) is 0 Å². The third-order valence-corrected chi connectivity index (χ3v) is 4.60. The van der Waals surface area contributed by atoms with E-state index < -0.39 is 23.8 Å². The number of nitrogens with one attached hydrogen (secondary N) is 1. The monoisotopic (exact) mass is 359 g/mol. The molecule has 0 bridgehead atoms. The van der Waals surface area contributed by atoms with E-state index in [-0.39, 0.29) is 5.57 Å². The van der Waals surface area contributed by atoms with Crippen LogP contribution in [-0.2, 0) is 9.59 Å².